The zero-order chi connectivity index (χ0) is 25.4. The highest BCUT2D eigenvalue weighted by atomic mass is 32.2. The Morgan fingerprint density at radius 3 is 2.49 bits per heavy atom. The first kappa shape index (κ1) is 26.3. The smallest absolute Gasteiger partial charge is 0.242 e. The third-order valence-corrected chi connectivity index (χ3v) is 6.90. The SMILES string of the molecule is CCCNC(=O)C(C)N(Cc1ccccc1)C(=O)CCCN(c1ccc2c(c1)OCO2)S(C)(=O)=O. The van der Waals surface area contributed by atoms with Crippen molar-refractivity contribution >= 4 is 27.5 Å². The number of amides is 2. The molecule has 2 aromatic carbocycles. The van der Waals surface area contributed by atoms with Crippen LogP contribution in [0.3, 0.4) is 0 Å². The monoisotopic (exact) mass is 503 g/mol. The number of hydrogen-bond acceptors (Lipinski definition) is 6. The Bertz CT molecular complexity index is 1120. The largest absolute Gasteiger partial charge is 0.454 e. The lowest BCUT2D eigenvalue weighted by Crippen LogP contribution is -2.47. The molecule has 0 aliphatic carbocycles. The van der Waals surface area contributed by atoms with E-state index in [9.17, 15) is 18.0 Å². The minimum absolute atomic E-state index is 0.0907. The van der Waals surface area contributed by atoms with Crippen LogP contribution in [-0.2, 0) is 26.2 Å². The second-order valence-corrected chi connectivity index (χ2v) is 10.4. The highest BCUT2D eigenvalue weighted by Gasteiger charge is 2.27. The van der Waals surface area contributed by atoms with Crippen LogP contribution in [0.5, 0.6) is 11.5 Å². The molecule has 1 N–H and O–H groups in total. The molecule has 9 nitrogen and oxygen atoms in total. The van der Waals surface area contributed by atoms with Crippen molar-refractivity contribution in [2.24, 2.45) is 0 Å². The van der Waals surface area contributed by atoms with Gasteiger partial charge in [-0.25, -0.2) is 8.42 Å². The van der Waals surface area contributed by atoms with Gasteiger partial charge in [-0.2, -0.15) is 0 Å². The Kier molecular flexibility index (Phi) is 8.97. The van der Waals surface area contributed by atoms with Crippen molar-refractivity contribution in [1.82, 2.24) is 10.2 Å². The number of nitrogens with zero attached hydrogens (tertiary/aromatic N) is 2. The van der Waals surface area contributed by atoms with Gasteiger partial charge < -0.3 is 19.7 Å². The van der Waals surface area contributed by atoms with Crippen LogP contribution in [0.2, 0.25) is 0 Å². The first-order valence-corrected chi connectivity index (χ1v) is 13.5. The van der Waals surface area contributed by atoms with E-state index in [0.717, 1.165) is 18.2 Å². The van der Waals surface area contributed by atoms with Crippen molar-refractivity contribution in [1.29, 1.82) is 0 Å². The number of rotatable bonds is 12. The summed E-state index contributed by atoms with van der Waals surface area (Å²) >= 11 is 0. The topological polar surface area (TPSA) is 105 Å². The summed E-state index contributed by atoms with van der Waals surface area (Å²) in [6, 6.07) is 13.7. The van der Waals surface area contributed by atoms with E-state index in [1.807, 2.05) is 37.3 Å². The summed E-state index contributed by atoms with van der Waals surface area (Å²) in [5, 5.41) is 2.85. The van der Waals surface area contributed by atoms with E-state index in [0.29, 0.717) is 30.3 Å². The van der Waals surface area contributed by atoms with Crippen LogP contribution in [0.25, 0.3) is 0 Å². The Balaban J connectivity index is 1.70. The Morgan fingerprint density at radius 1 is 1.09 bits per heavy atom. The minimum atomic E-state index is -3.59. The second-order valence-electron chi connectivity index (χ2n) is 8.45. The molecular formula is C25H33N3O6S. The van der Waals surface area contributed by atoms with Gasteiger partial charge in [0.25, 0.3) is 0 Å². The third-order valence-electron chi connectivity index (χ3n) is 5.71. The predicted octanol–water partition coefficient (Wildman–Crippen LogP) is 2.91. The summed E-state index contributed by atoms with van der Waals surface area (Å²) < 4.78 is 36.9. The van der Waals surface area contributed by atoms with Crippen LogP contribution in [0.15, 0.2) is 48.5 Å². The molecule has 2 aromatic rings. The van der Waals surface area contributed by atoms with Gasteiger partial charge in [0.15, 0.2) is 11.5 Å². The maximum absolute atomic E-state index is 13.2. The number of anilines is 1. The fourth-order valence-electron chi connectivity index (χ4n) is 3.80. The predicted molar refractivity (Wildman–Crippen MR) is 134 cm³/mol. The van der Waals surface area contributed by atoms with Gasteiger partial charge in [-0.05, 0) is 37.5 Å². The highest BCUT2D eigenvalue weighted by Crippen LogP contribution is 2.36. The lowest BCUT2D eigenvalue weighted by Gasteiger charge is -2.29. The number of carbonyl (C=O) groups is 2. The molecule has 1 heterocycles. The first-order valence-electron chi connectivity index (χ1n) is 11.7. The highest BCUT2D eigenvalue weighted by molar-refractivity contribution is 7.92. The maximum atomic E-state index is 13.2. The summed E-state index contributed by atoms with van der Waals surface area (Å²) in [4.78, 5) is 27.4. The van der Waals surface area contributed by atoms with E-state index in [1.54, 1.807) is 30.0 Å². The van der Waals surface area contributed by atoms with Gasteiger partial charge in [0.2, 0.25) is 28.6 Å². The Labute approximate surface area is 207 Å². The molecule has 0 spiro atoms. The van der Waals surface area contributed by atoms with E-state index < -0.39 is 16.1 Å². The van der Waals surface area contributed by atoms with Crippen LogP contribution in [0.4, 0.5) is 5.69 Å². The lowest BCUT2D eigenvalue weighted by molar-refractivity contribution is -0.140. The standard InChI is InChI=1S/C25H33N3O6S/c1-4-14-26-25(30)19(2)27(17-20-9-6-5-7-10-20)24(29)11-8-15-28(35(3,31)32)21-12-13-22-23(16-21)34-18-33-22/h5-7,9-10,12-13,16,19H,4,8,11,14-15,17-18H2,1-3H3,(H,26,30). The summed E-state index contributed by atoms with van der Waals surface area (Å²) in [7, 11) is -3.59. The van der Waals surface area contributed by atoms with E-state index in [1.165, 1.54) is 4.31 Å². The van der Waals surface area contributed by atoms with Crippen LogP contribution < -0.4 is 19.1 Å². The molecule has 3 rings (SSSR count). The lowest BCUT2D eigenvalue weighted by atomic mass is 10.1. The molecular weight excluding hydrogens is 470 g/mol. The summed E-state index contributed by atoms with van der Waals surface area (Å²) in [6.07, 6.45) is 2.30. The quantitative estimate of drug-likeness (QED) is 0.478. The van der Waals surface area contributed by atoms with Gasteiger partial charge in [0.1, 0.15) is 6.04 Å². The Hall–Kier alpha value is -3.27. The summed E-state index contributed by atoms with van der Waals surface area (Å²) in [5.41, 5.74) is 1.35. The molecule has 10 heteroatoms. The normalized spacial score (nSPS) is 13.2. The molecule has 35 heavy (non-hydrogen) atoms. The molecule has 1 aliphatic rings. The van der Waals surface area contributed by atoms with Crippen molar-refractivity contribution < 1.29 is 27.5 Å². The first-order chi connectivity index (χ1) is 16.7. The van der Waals surface area contributed by atoms with Crippen LogP contribution in [-0.4, -0.2) is 57.3 Å². The van der Waals surface area contributed by atoms with E-state index in [4.69, 9.17) is 9.47 Å². The third kappa shape index (κ3) is 7.11. The minimum Gasteiger partial charge on any atom is -0.454 e. The number of fused-ring (bicyclic) bond motifs is 1. The van der Waals surface area contributed by atoms with Crippen molar-refractivity contribution in [3.63, 3.8) is 0 Å². The zero-order valence-corrected chi connectivity index (χ0v) is 21.2. The van der Waals surface area contributed by atoms with Crippen LogP contribution >= 0.6 is 0 Å². The van der Waals surface area contributed by atoms with Gasteiger partial charge in [0, 0.05) is 32.1 Å². The van der Waals surface area contributed by atoms with E-state index in [-0.39, 0.29) is 38.0 Å². The second kappa shape index (κ2) is 11.9. The van der Waals surface area contributed by atoms with Crippen molar-refractivity contribution in [3.8, 4) is 11.5 Å². The molecule has 1 aliphatic heterocycles. The fraction of sp³-hybridized carbons (Fsp3) is 0.440. The molecule has 2 amide bonds. The summed E-state index contributed by atoms with van der Waals surface area (Å²) in [6.45, 7) is 4.70. The van der Waals surface area contributed by atoms with Crippen molar-refractivity contribution in [2.75, 3.05) is 30.4 Å². The number of ether oxygens (including phenoxy) is 2. The van der Waals surface area contributed by atoms with Gasteiger partial charge in [-0.15, -0.1) is 0 Å². The molecule has 0 saturated carbocycles. The van der Waals surface area contributed by atoms with Gasteiger partial charge >= 0.3 is 0 Å². The van der Waals surface area contributed by atoms with Crippen LogP contribution in [0.1, 0.15) is 38.7 Å². The molecule has 1 atom stereocenters. The number of carbonyl (C=O) groups excluding carboxylic acids is 2. The molecule has 0 radical (unpaired) electrons. The summed E-state index contributed by atoms with van der Waals surface area (Å²) in [5.74, 6) is 0.610. The van der Waals surface area contributed by atoms with Gasteiger partial charge in [-0.1, -0.05) is 37.3 Å². The van der Waals surface area contributed by atoms with E-state index >= 15 is 0 Å². The van der Waals surface area contributed by atoms with Crippen LogP contribution in [0, 0.1) is 0 Å². The number of benzene rings is 2. The Morgan fingerprint density at radius 2 is 1.80 bits per heavy atom. The fourth-order valence-corrected chi connectivity index (χ4v) is 4.76. The maximum Gasteiger partial charge on any atom is 0.242 e. The van der Waals surface area contributed by atoms with Crippen molar-refractivity contribution in [2.45, 2.75) is 45.7 Å². The van der Waals surface area contributed by atoms with Gasteiger partial charge in [-0.3, -0.25) is 13.9 Å². The average Bonchev–Trinajstić information content (AvgIpc) is 3.31. The molecule has 0 bridgehead atoms. The number of nitrogens with one attached hydrogen (secondary N) is 1. The zero-order valence-electron chi connectivity index (χ0n) is 20.4. The van der Waals surface area contributed by atoms with Gasteiger partial charge in [0.05, 0.1) is 11.9 Å². The molecule has 190 valence electrons. The average molecular weight is 504 g/mol. The molecule has 0 aromatic heterocycles. The molecule has 0 saturated heterocycles. The van der Waals surface area contributed by atoms with E-state index in [2.05, 4.69) is 5.32 Å². The molecule has 1 unspecified atom stereocenters. The molecule has 0 fully saturated rings. The van der Waals surface area contributed by atoms with Crippen molar-refractivity contribution in [3.05, 3.63) is 54.1 Å². The number of sulfonamides is 1. The number of hydrogen-bond donors (Lipinski definition) is 1.